The lowest BCUT2D eigenvalue weighted by Crippen LogP contribution is -2.53. The zero-order valence-electron chi connectivity index (χ0n) is 18.2. The maximum atomic E-state index is 11.5. The molecule has 1 aromatic rings. The summed E-state index contributed by atoms with van der Waals surface area (Å²) in [5.41, 5.74) is 7.07. The number of benzene rings is 1. The molecular formula is C23H36N6O2. The monoisotopic (exact) mass is 428 g/mol. The van der Waals surface area contributed by atoms with Crippen molar-refractivity contribution in [2.24, 2.45) is 28.5 Å². The molecule has 3 fully saturated rings. The molecule has 5 atom stereocenters. The van der Waals surface area contributed by atoms with Gasteiger partial charge in [0, 0.05) is 18.2 Å². The van der Waals surface area contributed by atoms with Gasteiger partial charge in [-0.25, -0.2) is 11.0 Å². The molecule has 0 radical (unpaired) electrons. The number of hydrazine groups is 1. The van der Waals surface area contributed by atoms with Crippen LogP contribution in [-0.2, 0) is 4.79 Å². The highest BCUT2D eigenvalue weighted by Crippen LogP contribution is 2.38. The highest BCUT2D eigenvalue weighted by Gasteiger charge is 2.39. The van der Waals surface area contributed by atoms with E-state index in [4.69, 9.17) is 11.6 Å². The van der Waals surface area contributed by atoms with Gasteiger partial charge >= 0.3 is 5.97 Å². The lowest BCUT2D eigenvalue weighted by atomic mass is 9.71. The van der Waals surface area contributed by atoms with Crippen LogP contribution in [0.15, 0.2) is 35.4 Å². The second-order valence-corrected chi connectivity index (χ2v) is 9.40. The number of carbonyl (C=O) groups is 1. The summed E-state index contributed by atoms with van der Waals surface area (Å²) in [5.74, 6) is 7.19. The Hall–Kier alpha value is -2.16. The third-order valence-electron chi connectivity index (χ3n) is 7.44. The molecule has 1 aliphatic carbocycles. The van der Waals surface area contributed by atoms with E-state index in [2.05, 4.69) is 15.3 Å². The van der Waals surface area contributed by atoms with Crippen molar-refractivity contribution < 1.29 is 9.90 Å². The fourth-order valence-electron chi connectivity index (χ4n) is 5.63. The van der Waals surface area contributed by atoms with Gasteiger partial charge in [0.1, 0.15) is 6.04 Å². The van der Waals surface area contributed by atoms with Gasteiger partial charge in [-0.3, -0.25) is 9.69 Å². The SMILES string of the molecule is N/C(=N\N(N)[C@H]1CCCCN(C2CCC3CN[C@H](C(=O)O)CC3C2)C1)c1ccccc1. The number of nitrogens with one attached hydrogen (secondary N) is 1. The molecule has 1 aromatic carbocycles. The average Bonchev–Trinajstić information content (AvgIpc) is 3.05. The van der Waals surface area contributed by atoms with Crippen molar-refractivity contribution in [3.8, 4) is 0 Å². The van der Waals surface area contributed by atoms with Crippen molar-refractivity contribution >= 4 is 11.8 Å². The Kier molecular flexibility index (Phi) is 7.09. The van der Waals surface area contributed by atoms with Crippen molar-refractivity contribution in [2.75, 3.05) is 19.6 Å². The van der Waals surface area contributed by atoms with E-state index < -0.39 is 12.0 Å². The number of rotatable bonds is 5. The van der Waals surface area contributed by atoms with Gasteiger partial charge in [0.15, 0.2) is 5.84 Å². The minimum absolute atomic E-state index is 0.127. The summed E-state index contributed by atoms with van der Waals surface area (Å²) < 4.78 is 0. The zero-order chi connectivity index (χ0) is 21.8. The van der Waals surface area contributed by atoms with Gasteiger partial charge in [-0.05, 0) is 69.9 Å². The standard InChI is InChI=1S/C23H36N6O2/c24-22(16-6-2-1-3-7-16)27-29(25)20-8-4-5-11-28(15-20)19-10-9-17-14-26-21(23(30)31)13-18(17)12-19/h1-3,6-7,17-21,26H,4-5,8-15,25H2,(H2,24,27)(H,30,31)/t17?,18?,19?,20-,21-/m0/s1. The quantitative estimate of drug-likeness (QED) is 0.243. The van der Waals surface area contributed by atoms with Gasteiger partial charge in [-0.2, -0.15) is 0 Å². The van der Waals surface area contributed by atoms with E-state index in [-0.39, 0.29) is 6.04 Å². The Labute approximate surface area is 184 Å². The van der Waals surface area contributed by atoms with Crippen LogP contribution < -0.4 is 16.9 Å². The number of carboxylic acid groups (broad SMARTS) is 1. The number of carboxylic acids is 1. The topological polar surface area (TPSA) is 120 Å². The lowest BCUT2D eigenvalue weighted by Gasteiger charge is -2.45. The van der Waals surface area contributed by atoms with Crippen molar-refractivity contribution in [1.29, 1.82) is 0 Å². The van der Waals surface area contributed by atoms with E-state index in [1.807, 2.05) is 30.3 Å². The van der Waals surface area contributed by atoms with Crippen LogP contribution in [0.2, 0.25) is 0 Å². The Morgan fingerprint density at radius 3 is 2.71 bits per heavy atom. The summed E-state index contributed by atoms with van der Waals surface area (Å²) in [6, 6.07) is 9.94. The van der Waals surface area contributed by atoms with Crippen molar-refractivity contribution in [3.63, 3.8) is 0 Å². The van der Waals surface area contributed by atoms with Gasteiger partial charge < -0.3 is 16.2 Å². The van der Waals surface area contributed by atoms with Crippen LogP contribution >= 0.6 is 0 Å². The van der Waals surface area contributed by atoms with Crippen LogP contribution in [0.25, 0.3) is 0 Å². The second-order valence-electron chi connectivity index (χ2n) is 9.40. The van der Waals surface area contributed by atoms with Gasteiger partial charge in [0.2, 0.25) is 0 Å². The Morgan fingerprint density at radius 1 is 1.13 bits per heavy atom. The molecule has 0 bridgehead atoms. The largest absolute Gasteiger partial charge is 0.480 e. The molecule has 170 valence electrons. The maximum absolute atomic E-state index is 11.5. The number of hydrogen-bond donors (Lipinski definition) is 4. The Balaban J connectivity index is 1.39. The number of likely N-dealkylation sites (tertiary alicyclic amines) is 1. The van der Waals surface area contributed by atoms with E-state index in [0.717, 1.165) is 57.3 Å². The van der Waals surface area contributed by atoms with Crippen LogP contribution in [0.5, 0.6) is 0 Å². The molecule has 1 saturated carbocycles. The number of piperidine rings is 1. The molecule has 8 heteroatoms. The number of amidine groups is 1. The predicted molar refractivity (Wildman–Crippen MR) is 121 cm³/mol. The lowest BCUT2D eigenvalue weighted by molar-refractivity contribution is -0.141. The number of hydrogen-bond acceptors (Lipinski definition) is 6. The number of hydrazone groups is 1. The molecule has 4 rings (SSSR count). The summed E-state index contributed by atoms with van der Waals surface area (Å²) in [6.07, 6.45) is 7.46. The van der Waals surface area contributed by atoms with Crippen LogP contribution in [0.3, 0.4) is 0 Å². The second kappa shape index (κ2) is 9.97. The minimum Gasteiger partial charge on any atom is -0.480 e. The minimum atomic E-state index is -0.719. The summed E-state index contributed by atoms with van der Waals surface area (Å²) in [7, 11) is 0. The summed E-state index contributed by atoms with van der Waals surface area (Å²) in [6.45, 7) is 2.79. The number of nitrogens with zero attached hydrogens (tertiary/aromatic N) is 3. The Bertz CT molecular complexity index is 773. The molecule has 8 nitrogen and oxygen atoms in total. The first kappa shape index (κ1) is 22.0. The number of fused-ring (bicyclic) bond motifs is 1. The highest BCUT2D eigenvalue weighted by atomic mass is 16.4. The van der Waals surface area contributed by atoms with Crippen LogP contribution in [0, 0.1) is 11.8 Å². The third kappa shape index (κ3) is 5.37. The third-order valence-corrected chi connectivity index (χ3v) is 7.44. The predicted octanol–water partition coefficient (Wildman–Crippen LogP) is 1.57. The van der Waals surface area contributed by atoms with Gasteiger partial charge in [0.25, 0.3) is 0 Å². The number of nitrogens with two attached hydrogens (primary N) is 2. The molecule has 0 amide bonds. The van der Waals surface area contributed by atoms with Crippen molar-refractivity contribution in [2.45, 2.75) is 63.1 Å². The van der Waals surface area contributed by atoms with E-state index >= 15 is 0 Å². The van der Waals surface area contributed by atoms with E-state index in [1.54, 1.807) is 5.12 Å². The Morgan fingerprint density at radius 2 is 1.94 bits per heavy atom. The van der Waals surface area contributed by atoms with E-state index in [9.17, 15) is 9.90 Å². The van der Waals surface area contributed by atoms with Crippen LogP contribution in [0.4, 0.5) is 0 Å². The van der Waals surface area contributed by atoms with E-state index in [1.165, 1.54) is 12.8 Å². The van der Waals surface area contributed by atoms with E-state index in [0.29, 0.717) is 23.7 Å². The molecule has 0 spiro atoms. The highest BCUT2D eigenvalue weighted by molar-refractivity contribution is 5.97. The van der Waals surface area contributed by atoms with Gasteiger partial charge in [-0.1, -0.05) is 30.3 Å². The molecule has 6 N–H and O–H groups in total. The molecule has 2 heterocycles. The molecule has 31 heavy (non-hydrogen) atoms. The average molecular weight is 429 g/mol. The van der Waals surface area contributed by atoms with Crippen molar-refractivity contribution in [1.82, 2.24) is 15.3 Å². The molecule has 0 aromatic heterocycles. The van der Waals surface area contributed by atoms with Crippen molar-refractivity contribution in [3.05, 3.63) is 35.9 Å². The molecule has 2 saturated heterocycles. The fraction of sp³-hybridized carbons (Fsp3) is 0.652. The molecule has 3 unspecified atom stereocenters. The molecule has 3 aliphatic rings. The maximum Gasteiger partial charge on any atom is 0.320 e. The normalized spacial score (nSPS) is 32.7. The zero-order valence-corrected chi connectivity index (χ0v) is 18.2. The fourth-order valence-corrected chi connectivity index (χ4v) is 5.63. The van der Waals surface area contributed by atoms with Gasteiger partial charge in [0.05, 0.1) is 6.04 Å². The smallest absolute Gasteiger partial charge is 0.320 e. The summed E-state index contributed by atoms with van der Waals surface area (Å²) >= 11 is 0. The number of aliphatic carboxylic acids is 1. The summed E-state index contributed by atoms with van der Waals surface area (Å²) in [4.78, 5) is 14.0. The molecule has 2 aliphatic heterocycles. The first-order valence-corrected chi connectivity index (χ1v) is 11.6. The first-order chi connectivity index (χ1) is 15.0. The van der Waals surface area contributed by atoms with Crippen LogP contribution in [0.1, 0.15) is 50.5 Å². The van der Waals surface area contributed by atoms with Gasteiger partial charge in [-0.15, -0.1) is 5.10 Å². The summed E-state index contributed by atoms with van der Waals surface area (Å²) in [5, 5.41) is 18.7. The first-order valence-electron chi connectivity index (χ1n) is 11.6. The molecular weight excluding hydrogens is 392 g/mol. The van der Waals surface area contributed by atoms with Crippen LogP contribution in [-0.4, -0.2) is 64.7 Å².